The molecule has 0 aliphatic carbocycles. The summed E-state index contributed by atoms with van der Waals surface area (Å²) in [5.74, 6) is 0. The molecule has 0 spiro atoms. The Morgan fingerprint density at radius 2 is 1.35 bits per heavy atom. The highest BCUT2D eigenvalue weighted by atomic mass is 15.1. The van der Waals surface area contributed by atoms with Gasteiger partial charge in [-0.25, -0.2) is 0 Å². The minimum absolute atomic E-state index is 0.662. The monoisotopic (exact) mass is 347 g/mol. The highest BCUT2D eigenvalue weighted by Crippen LogP contribution is 2.18. The predicted octanol–water partition coefficient (Wildman–Crippen LogP) is 4.50. The number of anilines is 2. The Hall–Kier alpha value is -2.52. The predicted molar refractivity (Wildman–Crippen MR) is 113 cm³/mol. The number of benzene rings is 3. The zero-order valence-electron chi connectivity index (χ0n) is 15.6. The van der Waals surface area contributed by atoms with Gasteiger partial charge in [0.15, 0.2) is 0 Å². The molecule has 136 valence electrons. The summed E-state index contributed by atoms with van der Waals surface area (Å²) >= 11 is 0. The van der Waals surface area contributed by atoms with Crippen molar-refractivity contribution in [2.24, 2.45) is 0 Å². The van der Waals surface area contributed by atoms with Crippen LogP contribution in [0.15, 0.2) is 60.7 Å². The molecular formula is C23H29N3. The molecule has 3 nitrogen and oxygen atoms in total. The molecule has 0 fully saturated rings. The van der Waals surface area contributed by atoms with Crippen molar-refractivity contribution in [1.29, 1.82) is 0 Å². The lowest BCUT2D eigenvalue weighted by atomic mass is 10.0. The summed E-state index contributed by atoms with van der Waals surface area (Å²) in [4.78, 5) is 2.54. The summed E-state index contributed by atoms with van der Waals surface area (Å²) in [7, 11) is 0. The fourth-order valence-corrected chi connectivity index (χ4v) is 3.40. The second-order valence-electron chi connectivity index (χ2n) is 6.99. The smallest absolute Gasteiger partial charge is 0.0550 e. The summed E-state index contributed by atoms with van der Waals surface area (Å²) < 4.78 is 0. The molecule has 26 heavy (non-hydrogen) atoms. The maximum Gasteiger partial charge on any atom is 0.0550 e. The Kier molecular flexibility index (Phi) is 6.13. The third-order valence-corrected chi connectivity index (χ3v) is 4.94. The molecule has 0 saturated heterocycles. The Bertz CT molecular complexity index is 857. The minimum atomic E-state index is 0.662. The molecule has 3 aromatic carbocycles. The SMILES string of the molecule is CCCN(CCc1ccc(N)c(N)c1)CCc1ccc2ccccc2c1. The van der Waals surface area contributed by atoms with Gasteiger partial charge in [-0.1, -0.05) is 55.5 Å². The third kappa shape index (κ3) is 4.77. The number of fused-ring (bicyclic) bond motifs is 1. The van der Waals surface area contributed by atoms with Gasteiger partial charge in [-0.05, 0) is 59.8 Å². The van der Waals surface area contributed by atoms with E-state index < -0.39 is 0 Å². The van der Waals surface area contributed by atoms with Crippen LogP contribution in [0, 0.1) is 0 Å². The third-order valence-electron chi connectivity index (χ3n) is 4.94. The number of hydrogen-bond donors (Lipinski definition) is 2. The molecule has 3 aromatic rings. The molecule has 0 bridgehead atoms. The van der Waals surface area contributed by atoms with Crippen LogP contribution in [-0.4, -0.2) is 24.5 Å². The normalized spacial score (nSPS) is 11.3. The fraction of sp³-hybridized carbons (Fsp3) is 0.304. The van der Waals surface area contributed by atoms with Gasteiger partial charge in [-0.3, -0.25) is 0 Å². The molecule has 0 radical (unpaired) electrons. The number of nitrogens with two attached hydrogens (primary N) is 2. The molecular weight excluding hydrogens is 318 g/mol. The molecule has 4 N–H and O–H groups in total. The second kappa shape index (κ2) is 8.72. The van der Waals surface area contributed by atoms with E-state index in [1.165, 1.54) is 28.3 Å². The van der Waals surface area contributed by atoms with Gasteiger partial charge in [0.2, 0.25) is 0 Å². The van der Waals surface area contributed by atoms with E-state index in [1.54, 1.807) is 0 Å². The zero-order valence-corrected chi connectivity index (χ0v) is 15.6. The first kappa shape index (κ1) is 18.3. The van der Waals surface area contributed by atoms with Gasteiger partial charge in [0, 0.05) is 13.1 Å². The summed E-state index contributed by atoms with van der Waals surface area (Å²) in [5.41, 5.74) is 15.7. The van der Waals surface area contributed by atoms with Crippen molar-refractivity contribution in [2.75, 3.05) is 31.1 Å². The standard InChI is InChI=1S/C23H29N3/c1-2-13-26(15-12-19-8-10-22(24)23(25)17-19)14-11-18-7-9-20-5-3-4-6-21(20)16-18/h3-10,16-17H,2,11-15,24-25H2,1H3. The molecule has 0 aromatic heterocycles. The van der Waals surface area contributed by atoms with Crippen LogP contribution in [0.3, 0.4) is 0 Å². The van der Waals surface area contributed by atoms with Crippen LogP contribution in [0.2, 0.25) is 0 Å². The summed E-state index contributed by atoms with van der Waals surface area (Å²) in [6.45, 7) is 5.49. The first-order valence-electron chi connectivity index (χ1n) is 9.49. The lowest BCUT2D eigenvalue weighted by molar-refractivity contribution is 0.281. The van der Waals surface area contributed by atoms with Crippen LogP contribution in [0.25, 0.3) is 10.8 Å². The average molecular weight is 348 g/mol. The maximum absolute atomic E-state index is 5.93. The summed E-state index contributed by atoms with van der Waals surface area (Å²) in [6.07, 6.45) is 3.25. The van der Waals surface area contributed by atoms with Gasteiger partial charge >= 0.3 is 0 Å². The van der Waals surface area contributed by atoms with Crippen molar-refractivity contribution >= 4 is 22.1 Å². The van der Waals surface area contributed by atoms with Crippen molar-refractivity contribution < 1.29 is 0 Å². The second-order valence-corrected chi connectivity index (χ2v) is 6.99. The van der Waals surface area contributed by atoms with E-state index in [9.17, 15) is 0 Å². The van der Waals surface area contributed by atoms with E-state index in [0.717, 1.165) is 32.5 Å². The molecule has 0 saturated carbocycles. The van der Waals surface area contributed by atoms with Crippen LogP contribution < -0.4 is 11.5 Å². The highest BCUT2D eigenvalue weighted by molar-refractivity contribution is 5.82. The number of hydrogen-bond acceptors (Lipinski definition) is 3. The summed E-state index contributed by atoms with van der Waals surface area (Å²) in [6, 6.07) is 21.4. The van der Waals surface area contributed by atoms with Crippen molar-refractivity contribution in [1.82, 2.24) is 4.90 Å². The Balaban J connectivity index is 1.59. The van der Waals surface area contributed by atoms with E-state index in [4.69, 9.17) is 11.5 Å². The van der Waals surface area contributed by atoms with Crippen LogP contribution in [-0.2, 0) is 12.8 Å². The van der Waals surface area contributed by atoms with Crippen molar-refractivity contribution in [3.05, 3.63) is 71.8 Å². The number of nitrogen functional groups attached to an aromatic ring is 2. The van der Waals surface area contributed by atoms with Crippen molar-refractivity contribution in [2.45, 2.75) is 26.2 Å². The first-order valence-corrected chi connectivity index (χ1v) is 9.49. The van der Waals surface area contributed by atoms with Crippen molar-refractivity contribution in [3.8, 4) is 0 Å². The Morgan fingerprint density at radius 1 is 0.692 bits per heavy atom. The quantitative estimate of drug-likeness (QED) is 0.590. The molecule has 0 atom stereocenters. The molecule has 3 rings (SSSR count). The number of nitrogens with zero attached hydrogens (tertiary/aromatic N) is 1. The van der Waals surface area contributed by atoms with Crippen molar-refractivity contribution in [3.63, 3.8) is 0 Å². The van der Waals surface area contributed by atoms with Gasteiger partial charge in [-0.2, -0.15) is 0 Å². The van der Waals surface area contributed by atoms with E-state index in [2.05, 4.69) is 60.4 Å². The highest BCUT2D eigenvalue weighted by Gasteiger charge is 2.06. The molecule has 0 aliphatic heterocycles. The van der Waals surface area contributed by atoms with Gasteiger partial charge in [0.1, 0.15) is 0 Å². The molecule has 0 aliphatic rings. The van der Waals surface area contributed by atoms with E-state index >= 15 is 0 Å². The van der Waals surface area contributed by atoms with Gasteiger partial charge in [0.05, 0.1) is 11.4 Å². The van der Waals surface area contributed by atoms with Gasteiger partial charge in [0.25, 0.3) is 0 Å². The first-order chi connectivity index (χ1) is 12.7. The van der Waals surface area contributed by atoms with Gasteiger partial charge in [-0.15, -0.1) is 0 Å². The largest absolute Gasteiger partial charge is 0.397 e. The Labute approximate surface area is 156 Å². The maximum atomic E-state index is 5.93. The number of rotatable bonds is 8. The Morgan fingerprint density at radius 3 is 2.04 bits per heavy atom. The van der Waals surface area contributed by atoms with Crippen LogP contribution in [0.5, 0.6) is 0 Å². The minimum Gasteiger partial charge on any atom is -0.397 e. The molecule has 0 amide bonds. The fourth-order valence-electron chi connectivity index (χ4n) is 3.40. The molecule has 0 heterocycles. The lowest BCUT2D eigenvalue weighted by Gasteiger charge is -2.22. The van der Waals surface area contributed by atoms with E-state index in [1.807, 2.05) is 12.1 Å². The molecule has 3 heteroatoms. The van der Waals surface area contributed by atoms with Crippen LogP contribution in [0.4, 0.5) is 11.4 Å². The summed E-state index contributed by atoms with van der Waals surface area (Å²) in [5, 5.41) is 2.63. The average Bonchev–Trinajstić information content (AvgIpc) is 2.66. The topological polar surface area (TPSA) is 55.3 Å². The van der Waals surface area contributed by atoms with Crippen LogP contribution in [0.1, 0.15) is 24.5 Å². The van der Waals surface area contributed by atoms with Gasteiger partial charge < -0.3 is 16.4 Å². The van der Waals surface area contributed by atoms with E-state index in [0.29, 0.717) is 11.4 Å². The van der Waals surface area contributed by atoms with Crippen LogP contribution >= 0.6 is 0 Å². The molecule has 0 unspecified atom stereocenters. The zero-order chi connectivity index (χ0) is 18.4. The lowest BCUT2D eigenvalue weighted by Crippen LogP contribution is -2.29. The van der Waals surface area contributed by atoms with E-state index in [-0.39, 0.29) is 0 Å².